The number of hydrogen-bond donors (Lipinski definition) is 4. The number of hydrogen-bond acceptors (Lipinski definition) is 5. The van der Waals surface area contributed by atoms with E-state index in [0.717, 1.165) is 16.0 Å². The first-order chi connectivity index (χ1) is 20.2. The van der Waals surface area contributed by atoms with E-state index in [4.69, 9.17) is 5.73 Å². The van der Waals surface area contributed by atoms with Crippen LogP contribution in [-0.4, -0.2) is 28.9 Å². The van der Waals surface area contributed by atoms with Crippen LogP contribution in [-0.2, 0) is 9.59 Å². The average molecular weight is 579 g/mol. The molecule has 1 atom stereocenters. The Balaban J connectivity index is 1.43. The van der Waals surface area contributed by atoms with Crippen LogP contribution in [0, 0.1) is 6.92 Å². The quantitative estimate of drug-likeness (QED) is 0.143. The maximum Gasteiger partial charge on any atom is 0.272 e. The number of nitrogens with one attached hydrogen (secondary N) is 3. The van der Waals surface area contributed by atoms with E-state index < -0.39 is 23.0 Å². The number of primary amides is 1. The number of amides is 4. The number of rotatable bonds is 10. The molecule has 0 aromatic heterocycles. The molecule has 0 fully saturated rings. The zero-order chi connectivity index (χ0) is 30.1. The molecule has 5 N–H and O–H groups in total. The highest BCUT2D eigenvalue weighted by atomic mass is 32.2. The van der Waals surface area contributed by atoms with E-state index in [9.17, 15) is 19.2 Å². The van der Waals surface area contributed by atoms with Gasteiger partial charge in [-0.2, -0.15) is 0 Å². The standard InChI is InChI=1S/C33H30N4O4S/c1-21-9-8-10-23(19-21)20-29(37-32(40)24-11-4-3-5-12-24)33(41)35-25-15-17-26(18-16-25)42-22(2)31(39)36-28-14-7-6-13-27(28)30(34)38/h3-20,22H,1-2H3,(H2,34,38)(H,35,41)(H,36,39)(H,37,40)/b29-20-. The molecule has 42 heavy (non-hydrogen) atoms. The Morgan fingerprint density at radius 3 is 2.19 bits per heavy atom. The fourth-order valence-corrected chi connectivity index (χ4v) is 4.85. The highest BCUT2D eigenvalue weighted by molar-refractivity contribution is 8.00. The maximum atomic E-state index is 13.3. The van der Waals surface area contributed by atoms with E-state index in [-0.39, 0.29) is 17.2 Å². The SMILES string of the molecule is Cc1cccc(/C=C(\NC(=O)c2ccccc2)C(=O)Nc2ccc(SC(C)C(=O)Nc3ccccc3C(N)=O)cc2)c1. The first-order valence-electron chi connectivity index (χ1n) is 13.1. The van der Waals surface area contributed by atoms with Crippen molar-refractivity contribution in [3.63, 3.8) is 0 Å². The molecule has 4 amide bonds. The molecule has 4 rings (SSSR count). The van der Waals surface area contributed by atoms with Gasteiger partial charge in [-0.1, -0.05) is 60.2 Å². The summed E-state index contributed by atoms with van der Waals surface area (Å²) in [6, 6.07) is 29.8. The van der Waals surface area contributed by atoms with E-state index in [1.54, 1.807) is 85.8 Å². The number of carbonyl (C=O) groups is 4. The van der Waals surface area contributed by atoms with E-state index in [2.05, 4.69) is 16.0 Å². The van der Waals surface area contributed by atoms with Gasteiger partial charge in [0, 0.05) is 16.1 Å². The Morgan fingerprint density at radius 1 is 0.810 bits per heavy atom. The number of benzene rings is 4. The Bertz CT molecular complexity index is 1640. The van der Waals surface area contributed by atoms with Crippen molar-refractivity contribution in [2.45, 2.75) is 24.0 Å². The molecule has 0 aliphatic heterocycles. The van der Waals surface area contributed by atoms with Crippen molar-refractivity contribution in [1.29, 1.82) is 0 Å². The Kier molecular flexibility index (Phi) is 9.91. The maximum absolute atomic E-state index is 13.3. The molecule has 0 aliphatic rings. The number of aryl methyl sites for hydroxylation is 1. The summed E-state index contributed by atoms with van der Waals surface area (Å²) in [6.45, 7) is 3.70. The third-order valence-corrected chi connectivity index (χ3v) is 7.24. The molecule has 4 aromatic carbocycles. The minimum atomic E-state index is -0.625. The summed E-state index contributed by atoms with van der Waals surface area (Å²) in [4.78, 5) is 51.3. The van der Waals surface area contributed by atoms with Gasteiger partial charge in [0.2, 0.25) is 5.91 Å². The highest BCUT2D eigenvalue weighted by Gasteiger charge is 2.18. The second kappa shape index (κ2) is 14.0. The molecule has 4 aromatic rings. The average Bonchev–Trinajstić information content (AvgIpc) is 2.98. The highest BCUT2D eigenvalue weighted by Crippen LogP contribution is 2.26. The first kappa shape index (κ1) is 29.8. The van der Waals surface area contributed by atoms with Crippen LogP contribution in [0.25, 0.3) is 6.08 Å². The molecule has 0 saturated heterocycles. The van der Waals surface area contributed by atoms with Crippen LogP contribution in [0.4, 0.5) is 11.4 Å². The lowest BCUT2D eigenvalue weighted by molar-refractivity contribution is -0.115. The zero-order valence-corrected chi connectivity index (χ0v) is 23.9. The fraction of sp³-hybridized carbons (Fsp3) is 0.0909. The van der Waals surface area contributed by atoms with Crippen molar-refractivity contribution in [2.24, 2.45) is 5.73 Å². The third kappa shape index (κ3) is 8.18. The topological polar surface area (TPSA) is 130 Å². The predicted molar refractivity (Wildman–Crippen MR) is 167 cm³/mol. The molecule has 0 bridgehead atoms. The van der Waals surface area contributed by atoms with Crippen molar-refractivity contribution < 1.29 is 19.2 Å². The van der Waals surface area contributed by atoms with Crippen molar-refractivity contribution >= 4 is 52.8 Å². The predicted octanol–water partition coefficient (Wildman–Crippen LogP) is 5.62. The number of para-hydroxylation sites is 1. The number of nitrogens with two attached hydrogens (primary N) is 1. The van der Waals surface area contributed by atoms with Gasteiger partial charge in [-0.15, -0.1) is 11.8 Å². The van der Waals surface area contributed by atoms with Crippen molar-refractivity contribution in [1.82, 2.24) is 5.32 Å². The van der Waals surface area contributed by atoms with Gasteiger partial charge in [0.25, 0.3) is 17.7 Å². The van der Waals surface area contributed by atoms with E-state index in [1.807, 2.05) is 37.3 Å². The van der Waals surface area contributed by atoms with E-state index >= 15 is 0 Å². The van der Waals surface area contributed by atoms with Crippen LogP contribution in [0.15, 0.2) is 114 Å². The van der Waals surface area contributed by atoms with Crippen LogP contribution >= 0.6 is 11.8 Å². The fourth-order valence-electron chi connectivity index (χ4n) is 3.98. The molecule has 0 saturated carbocycles. The van der Waals surface area contributed by atoms with Gasteiger partial charge in [-0.05, 0) is 74.0 Å². The number of anilines is 2. The van der Waals surface area contributed by atoms with Crippen LogP contribution in [0.1, 0.15) is 38.8 Å². The van der Waals surface area contributed by atoms with Crippen molar-refractivity contribution in [2.75, 3.05) is 10.6 Å². The minimum absolute atomic E-state index is 0.0921. The Hall–Kier alpha value is -5.15. The van der Waals surface area contributed by atoms with Crippen LogP contribution in [0.3, 0.4) is 0 Å². The summed E-state index contributed by atoms with van der Waals surface area (Å²) < 4.78 is 0. The van der Waals surface area contributed by atoms with Crippen LogP contribution in [0.5, 0.6) is 0 Å². The first-order valence-corrected chi connectivity index (χ1v) is 14.0. The van der Waals surface area contributed by atoms with E-state index in [0.29, 0.717) is 16.9 Å². The third-order valence-electron chi connectivity index (χ3n) is 6.13. The van der Waals surface area contributed by atoms with Gasteiger partial charge in [-0.25, -0.2) is 0 Å². The molecule has 9 heteroatoms. The number of carbonyl (C=O) groups excluding carboxylic acids is 4. The van der Waals surface area contributed by atoms with Gasteiger partial charge in [0.05, 0.1) is 16.5 Å². The number of thioether (sulfide) groups is 1. The van der Waals surface area contributed by atoms with Crippen molar-refractivity contribution in [3.8, 4) is 0 Å². The summed E-state index contributed by atoms with van der Waals surface area (Å²) in [6.07, 6.45) is 1.63. The summed E-state index contributed by atoms with van der Waals surface area (Å²) in [5.41, 5.74) is 8.82. The normalized spacial score (nSPS) is 11.7. The summed E-state index contributed by atoms with van der Waals surface area (Å²) >= 11 is 1.32. The molecule has 0 radical (unpaired) electrons. The zero-order valence-electron chi connectivity index (χ0n) is 23.1. The largest absolute Gasteiger partial charge is 0.366 e. The lowest BCUT2D eigenvalue weighted by Crippen LogP contribution is -2.30. The van der Waals surface area contributed by atoms with Gasteiger partial charge < -0.3 is 21.7 Å². The smallest absolute Gasteiger partial charge is 0.272 e. The van der Waals surface area contributed by atoms with Gasteiger partial charge in [0.15, 0.2) is 0 Å². The lowest BCUT2D eigenvalue weighted by Gasteiger charge is -2.14. The minimum Gasteiger partial charge on any atom is -0.366 e. The van der Waals surface area contributed by atoms with Crippen molar-refractivity contribution in [3.05, 3.63) is 131 Å². The monoisotopic (exact) mass is 578 g/mol. The molecule has 212 valence electrons. The molecule has 0 heterocycles. The second-order valence-corrected chi connectivity index (χ2v) is 10.8. The molecule has 0 aliphatic carbocycles. The summed E-state index contributed by atoms with van der Waals surface area (Å²) in [5, 5.41) is 7.84. The Labute approximate surface area is 248 Å². The molecule has 8 nitrogen and oxygen atoms in total. The molecule has 0 spiro atoms. The molecular formula is C33H30N4O4S. The van der Waals surface area contributed by atoms with Gasteiger partial charge >= 0.3 is 0 Å². The van der Waals surface area contributed by atoms with Crippen LogP contribution in [0.2, 0.25) is 0 Å². The van der Waals surface area contributed by atoms with Gasteiger partial charge in [0.1, 0.15) is 5.70 Å². The lowest BCUT2D eigenvalue weighted by atomic mass is 10.1. The summed E-state index contributed by atoms with van der Waals surface area (Å²) in [5.74, 6) is -1.80. The molecular weight excluding hydrogens is 548 g/mol. The van der Waals surface area contributed by atoms with Gasteiger partial charge in [-0.3, -0.25) is 19.2 Å². The molecule has 1 unspecified atom stereocenters. The summed E-state index contributed by atoms with van der Waals surface area (Å²) in [7, 11) is 0. The second-order valence-electron chi connectivity index (χ2n) is 9.43. The Morgan fingerprint density at radius 2 is 1.50 bits per heavy atom. The van der Waals surface area contributed by atoms with E-state index in [1.165, 1.54) is 11.8 Å². The van der Waals surface area contributed by atoms with Crippen LogP contribution < -0.4 is 21.7 Å².